The lowest BCUT2D eigenvalue weighted by Gasteiger charge is -2.25. The van der Waals surface area contributed by atoms with Crippen LogP contribution in [0.25, 0.3) is 5.65 Å². The number of rotatable bonds is 4. The number of imidazole rings is 1. The molecule has 1 fully saturated rings. The second kappa shape index (κ2) is 7.55. The highest BCUT2D eigenvalue weighted by Gasteiger charge is 2.35. The van der Waals surface area contributed by atoms with Gasteiger partial charge in [0.15, 0.2) is 5.65 Å². The van der Waals surface area contributed by atoms with Crippen molar-refractivity contribution in [3.8, 4) is 0 Å². The molecule has 152 valence electrons. The fraction of sp³-hybridized carbons (Fsp3) is 0.182. The molecule has 1 N–H and O–H groups in total. The number of carbonyl (C=O) groups is 1. The highest BCUT2D eigenvalue weighted by molar-refractivity contribution is 5.94. The molecule has 0 aliphatic carbocycles. The molecule has 1 unspecified atom stereocenters. The number of nitrogens with zero attached hydrogens (tertiary/aromatic N) is 5. The van der Waals surface area contributed by atoms with Crippen molar-refractivity contribution in [2.45, 2.75) is 18.5 Å². The zero-order valence-corrected chi connectivity index (χ0v) is 16.0. The van der Waals surface area contributed by atoms with Crippen LogP contribution < -0.4 is 10.2 Å². The van der Waals surface area contributed by atoms with Gasteiger partial charge in [-0.05, 0) is 48.4 Å². The van der Waals surface area contributed by atoms with Crippen LogP contribution in [-0.4, -0.2) is 38.1 Å². The van der Waals surface area contributed by atoms with Gasteiger partial charge in [0.25, 0.3) is 5.91 Å². The number of benzene rings is 1. The molecule has 0 bridgehead atoms. The molecule has 7 nitrogen and oxygen atoms in total. The molecule has 0 saturated carbocycles. The molecule has 8 heteroatoms. The first-order chi connectivity index (χ1) is 14.7. The third-order valence-electron chi connectivity index (χ3n) is 5.33. The normalized spacial score (nSPS) is 18.6. The SMILES string of the molecule is O=C(NC1C[C@H](c2cccc(F)c2)N(c2ccc3nccn3n2)C1)c1cccnc1.[HH]. The Kier molecular flexibility index (Phi) is 4.59. The van der Waals surface area contributed by atoms with Crippen LogP contribution in [0.1, 0.15) is 29.8 Å². The molecule has 1 aliphatic heterocycles. The zero-order valence-electron chi connectivity index (χ0n) is 16.0. The third kappa shape index (κ3) is 3.47. The van der Waals surface area contributed by atoms with Gasteiger partial charge in [-0.2, -0.15) is 0 Å². The predicted octanol–water partition coefficient (Wildman–Crippen LogP) is 3.26. The number of carbonyl (C=O) groups excluding carboxylic acids is 1. The summed E-state index contributed by atoms with van der Waals surface area (Å²) in [5, 5.41) is 7.73. The Balaban J connectivity index is 0.00000231. The molecule has 1 saturated heterocycles. The van der Waals surface area contributed by atoms with Crippen molar-refractivity contribution in [1.82, 2.24) is 24.9 Å². The number of nitrogens with one attached hydrogen (secondary N) is 1. The summed E-state index contributed by atoms with van der Waals surface area (Å²) in [4.78, 5) is 23.0. The van der Waals surface area contributed by atoms with Gasteiger partial charge in [-0.25, -0.2) is 13.9 Å². The van der Waals surface area contributed by atoms with Crippen molar-refractivity contribution in [2.24, 2.45) is 0 Å². The molecule has 4 aromatic rings. The van der Waals surface area contributed by atoms with Crippen molar-refractivity contribution in [3.05, 3.63) is 90.3 Å². The highest BCUT2D eigenvalue weighted by Crippen LogP contribution is 2.35. The topological polar surface area (TPSA) is 75.4 Å². The first-order valence-corrected chi connectivity index (χ1v) is 9.71. The monoisotopic (exact) mass is 404 g/mol. The second-order valence-corrected chi connectivity index (χ2v) is 7.29. The molecule has 30 heavy (non-hydrogen) atoms. The minimum atomic E-state index is -0.284. The molecule has 0 radical (unpaired) electrons. The Hall–Kier alpha value is -3.81. The van der Waals surface area contributed by atoms with Crippen LogP contribution >= 0.6 is 0 Å². The van der Waals surface area contributed by atoms with E-state index in [4.69, 9.17) is 0 Å². The molecule has 4 heterocycles. The Morgan fingerprint density at radius 2 is 2.10 bits per heavy atom. The quantitative estimate of drug-likeness (QED) is 0.565. The van der Waals surface area contributed by atoms with E-state index in [2.05, 4.69) is 25.3 Å². The molecule has 2 atom stereocenters. The molecular formula is C22H21FN6O. The van der Waals surface area contributed by atoms with E-state index in [1.54, 1.807) is 53.6 Å². The molecule has 5 rings (SSSR count). The summed E-state index contributed by atoms with van der Waals surface area (Å²) in [7, 11) is 0. The Morgan fingerprint density at radius 1 is 1.17 bits per heavy atom. The van der Waals surface area contributed by atoms with Crippen LogP contribution in [0, 0.1) is 5.82 Å². The summed E-state index contributed by atoms with van der Waals surface area (Å²) in [5.74, 6) is 0.284. The molecule has 1 amide bonds. The fourth-order valence-electron chi connectivity index (χ4n) is 3.95. The van der Waals surface area contributed by atoms with Gasteiger partial charge in [-0.15, -0.1) is 5.10 Å². The van der Waals surface area contributed by atoms with Crippen LogP contribution in [0.5, 0.6) is 0 Å². The number of pyridine rings is 1. The zero-order chi connectivity index (χ0) is 20.5. The second-order valence-electron chi connectivity index (χ2n) is 7.29. The van der Waals surface area contributed by atoms with Crippen molar-refractivity contribution >= 4 is 17.4 Å². The van der Waals surface area contributed by atoms with Gasteiger partial charge >= 0.3 is 0 Å². The molecular weight excluding hydrogens is 383 g/mol. The van der Waals surface area contributed by atoms with Gasteiger partial charge < -0.3 is 10.2 Å². The lowest BCUT2D eigenvalue weighted by Crippen LogP contribution is -2.37. The largest absolute Gasteiger partial charge is 0.347 e. The Bertz CT molecular complexity index is 1200. The van der Waals surface area contributed by atoms with E-state index in [1.807, 2.05) is 18.2 Å². The smallest absolute Gasteiger partial charge is 0.253 e. The van der Waals surface area contributed by atoms with Crippen molar-refractivity contribution in [1.29, 1.82) is 0 Å². The van der Waals surface area contributed by atoms with E-state index < -0.39 is 0 Å². The minimum Gasteiger partial charge on any atom is -0.347 e. The first kappa shape index (κ1) is 18.2. The number of fused-ring (bicyclic) bond motifs is 1. The highest BCUT2D eigenvalue weighted by atomic mass is 19.1. The summed E-state index contributed by atoms with van der Waals surface area (Å²) < 4.78 is 15.6. The maximum Gasteiger partial charge on any atom is 0.253 e. The van der Waals surface area contributed by atoms with Gasteiger partial charge in [0, 0.05) is 38.8 Å². The first-order valence-electron chi connectivity index (χ1n) is 9.71. The van der Waals surface area contributed by atoms with Crippen molar-refractivity contribution < 1.29 is 10.6 Å². The summed E-state index contributed by atoms with van der Waals surface area (Å²) in [6, 6.07) is 13.6. The van der Waals surface area contributed by atoms with Crippen LogP contribution in [0.15, 0.2) is 73.3 Å². The third-order valence-corrected chi connectivity index (χ3v) is 5.33. The van der Waals surface area contributed by atoms with E-state index in [9.17, 15) is 9.18 Å². The maximum atomic E-state index is 13.9. The Labute approximate surface area is 173 Å². The van der Waals surface area contributed by atoms with E-state index in [-0.39, 0.29) is 25.2 Å². The van der Waals surface area contributed by atoms with Crippen LogP contribution in [-0.2, 0) is 0 Å². The molecule has 3 aromatic heterocycles. The fourth-order valence-corrected chi connectivity index (χ4v) is 3.95. The minimum absolute atomic E-state index is 0. The van der Waals surface area contributed by atoms with Gasteiger partial charge in [0.1, 0.15) is 11.6 Å². The van der Waals surface area contributed by atoms with Gasteiger partial charge in [0.2, 0.25) is 0 Å². The van der Waals surface area contributed by atoms with Gasteiger partial charge in [0.05, 0.1) is 11.6 Å². The average Bonchev–Trinajstić information content (AvgIpc) is 3.40. The number of hydrogen-bond donors (Lipinski definition) is 1. The van der Waals surface area contributed by atoms with Crippen LogP contribution in [0.2, 0.25) is 0 Å². The average molecular weight is 404 g/mol. The van der Waals surface area contributed by atoms with Crippen molar-refractivity contribution in [3.63, 3.8) is 0 Å². The summed E-state index contributed by atoms with van der Waals surface area (Å²) in [6.45, 7) is 0.556. The van der Waals surface area contributed by atoms with E-state index in [0.29, 0.717) is 18.5 Å². The van der Waals surface area contributed by atoms with Gasteiger partial charge in [-0.3, -0.25) is 9.78 Å². The number of amides is 1. The van der Waals surface area contributed by atoms with Crippen LogP contribution in [0.4, 0.5) is 10.2 Å². The number of aromatic nitrogens is 4. The summed E-state index contributed by atoms with van der Waals surface area (Å²) in [5.41, 5.74) is 2.11. The molecule has 0 spiro atoms. The number of halogens is 1. The lowest BCUT2D eigenvalue weighted by atomic mass is 10.0. The van der Waals surface area contributed by atoms with Crippen molar-refractivity contribution in [2.75, 3.05) is 11.4 Å². The Morgan fingerprint density at radius 3 is 2.93 bits per heavy atom. The summed E-state index contributed by atoms with van der Waals surface area (Å²) >= 11 is 0. The number of hydrogen-bond acceptors (Lipinski definition) is 5. The van der Waals surface area contributed by atoms with E-state index in [0.717, 1.165) is 17.0 Å². The van der Waals surface area contributed by atoms with E-state index >= 15 is 0 Å². The predicted molar refractivity (Wildman–Crippen MR) is 112 cm³/mol. The summed E-state index contributed by atoms with van der Waals surface area (Å²) in [6.07, 6.45) is 7.29. The maximum absolute atomic E-state index is 13.9. The lowest BCUT2D eigenvalue weighted by molar-refractivity contribution is 0.0939. The molecule has 1 aliphatic rings. The van der Waals surface area contributed by atoms with Gasteiger partial charge in [-0.1, -0.05) is 12.1 Å². The van der Waals surface area contributed by atoms with E-state index in [1.165, 1.54) is 6.07 Å². The standard InChI is InChI=1S/C22H19FN6O.H2/c23-17-5-1-3-15(11-17)19-12-18(26-22(30)16-4-2-8-24-13-16)14-28(19)21-7-6-20-25-9-10-29(20)27-21;/h1-11,13,18-19H,12,14H2,(H,26,30);1H/t18?,19-;/m1./s1. The van der Waals surface area contributed by atoms with Crippen LogP contribution in [0.3, 0.4) is 0 Å². The number of anilines is 1. The molecule has 1 aromatic carbocycles.